The Hall–Kier alpha value is -1.28. The van der Waals surface area contributed by atoms with Crippen LogP contribution in [0, 0.1) is 6.92 Å². The average molecular weight is 278 g/mol. The molecular weight excluding hydrogens is 273 g/mol. The molecule has 2 aromatic rings. The molecule has 3 nitrogen and oxygen atoms in total. The van der Waals surface area contributed by atoms with E-state index in [4.69, 9.17) is 0 Å². The van der Waals surface area contributed by atoms with Crippen LogP contribution < -0.4 is 0 Å². The highest BCUT2D eigenvalue weighted by molar-refractivity contribution is 7.17. The van der Waals surface area contributed by atoms with Crippen molar-refractivity contribution in [1.82, 2.24) is 9.97 Å². The molecule has 0 radical (unpaired) electrons. The van der Waals surface area contributed by atoms with Crippen LogP contribution in [-0.4, -0.2) is 15.8 Å². The standard InChI is InChI=1S/C9H5F3N2OS2/c1-4-13-2-5(16-4)7(15)6-3-14-8(17-6)9(10,11)12/h2-3H,1H3. The molecule has 0 atom stereocenters. The van der Waals surface area contributed by atoms with Crippen LogP contribution in [0.4, 0.5) is 13.2 Å². The lowest BCUT2D eigenvalue weighted by Gasteiger charge is -1.98. The fourth-order valence-electron chi connectivity index (χ4n) is 1.10. The summed E-state index contributed by atoms with van der Waals surface area (Å²) in [5.74, 6) is -0.469. The van der Waals surface area contributed by atoms with Gasteiger partial charge in [-0.05, 0) is 6.92 Å². The predicted octanol–water partition coefficient (Wildman–Crippen LogP) is 3.16. The van der Waals surface area contributed by atoms with E-state index in [1.165, 1.54) is 6.20 Å². The van der Waals surface area contributed by atoms with Crippen molar-refractivity contribution in [3.8, 4) is 0 Å². The Morgan fingerprint density at radius 1 is 1.18 bits per heavy atom. The Balaban J connectivity index is 2.30. The molecule has 0 aromatic carbocycles. The number of alkyl halides is 3. The lowest BCUT2D eigenvalue weighted by Crippen LogP contribution is -2.03. The van der Waals surface area contributed by atoms with Gasteiger partial charge in [0.25, 0.3) is 0 Å². The first-order valence-corrected chi connectivity index (χ1v) is 6.01. The molecule has 2 aromatic heterocycles. The number of aryl methyl sites for hydroxylation is 1. The van der Waals surface area contributed by atoms with Crippen molar-refractivity contribution in [1.29, 1.82) is 0 Å². The van der Waals surface area contributed by atoms with E-state index in [1.807, 2.05) is 0 Å². The highest BCUT2D eigenvalue weighted by atomic mass is 32.1. The molecule has 0 amide bonds. The molecule has 0 aliphatic rings. The van der Waals surface area contributed by atoms with E-state index in [-0.39, 0.29) is 4.88 Å². The van der Waals surface area contributed by atoms with Crippen molar-refractivity contribution in [3.63, 3.8) is 0 Å². The second-order valence-corrected chi connectivity index (χ2v) is 5.37. The van der Waals surface area contributed by atoms with Crippen molar-refractivity contribution < 1.29 is 18.0 Å². The molecule has 0 aliphatic heterocycles. The third-order valence-electron chi connectivity index (χ3n) is 1.82. The van der Waals surface area contributed by atoms with Crippen LogP contribution >= 0.6 is 22.7 Å². The van der Waals surface area contributed by atoms with Crippen LogP contribution in [0.2, 0.25) is 0 Å². The zero-order valence-electron chi connectivity index (χ0n) is 8.41. The number of carbonyl (C=O) groups is 1. The average Bonchev–Trinajstić information content (AvgIpc) is 2.83. The zero-order valence-corrected chi connectivity index (χ0v) is 10.0. The van der Waals surface area contributed by atoms with Gasteiger partial charge >= 0.3 is 6.18 Å². The fraction of sp³-hybridized carbons (Fsp3) is 0.222. The van der Waals surface area contributed by atoms with Gasteiger partial charge in [0.2, 0.25) is 5.78 Å². The molecule has 90 valence electrons. The molecule has 0 bridgehead atoms. The summed E-state index contributed by atoms with van der Waals surface area (Å²) in [7, 11) is 0. The Kier molecular flexibility index (Phi) is 3.00. The summed E-state index contributed by atoms with van der Waals surface area (Å²) in [5, 5.41) is -0.323. The van der Waals surface area contributed by atoms with Crippen molar-refractivity contribution in [3.05, 3.63) is 32.2 Å². The quantitative estimate of drug-likeness (QED) is 0.792. The molecule has 0 fully saturated rings. The number of halogens is 3. The van der Waals surface area contributed by atoms with E-state index in [0.717, 1.165) is 17.5 Å². The van der Waals surface area contributed by atoms with Gasteiger partial charge in [0.05, 0.1) is 14.8 Å². The Labute approximate surface area is 102 Å². The Bertz CT molecular complexity index is 559. The van der Waals surface area contributed by atoms with Crippen LogP contribution in [0.3, 0.4) is 0 Å². The normalized spacial score (nSPS) is 11.8. The summed E-state index contributed by atoms with van der Waals surface area (Å²) in [5.41, 5.74) is 0. The van der Waals surface area contributed by atoms with Crippen molar-refractivity contribution in [2.45, 2.75) is 13.1 Å². The maximum Gasteiger partial charge on any atom is 0.443 e. The molecule has 17 heavy (non-hydrogen) atoms. The van der Waals surface area contributed by atoms with Crippen LogP contribution in [-0.2, 0) is 6.18 Å². The number of carbonyl (C=O) groups excluding carboxylic acids is 1. The summed E-state index contributed by atoms with van der Waals surface area (Å²) in [6.07, 6.45) is -2.20. The molecular formula is C9H5F3N2OS2. The number of hydrogen-bond acceptors (Lipinski definition) is 5. The minimum atomic E-state index is -4.51. The summed E-state index contributed by atoms with van der Waals surface area (Å²) >= 11 is 1.49. The van der Waals surface area contributed by atoms with Crippen LogP contribution in [0.25, 0.3) is 0 Å². The third kappa shape index (κ3) is 2.52. The third-order valence-corrected chi connectivity index (χ3v) is 3.77. The Morgan fingerprint density at radius 3 is 2.24 bits per heavy atom. The second kappa shape index (κ2) is 4.19. The summed E-state index contributed by atoms with van der Waals surface area (Å²) in [6.45, 7) is 1.72. The van der Waals surface area contributed by atoms with Gasteiger partial charge in [-0.1, -0.05) is 0 Å². The molecule has 0 saturated carbocycles. The first kappa shape index (κ1) is 12.2. The molecule has 8 heteroatoms. The largest absolute Gasteiger partial charge is 0.443 e. The van der Waals surface area contributed by atoms with Gasteiger partial charge < -0.3 is 0 Å². The van der Waals surface area contributed by atoms with Crippen molar-refractivity contribution in [2.75, 3.05) is 0 Å². The van der Waals surface area contributed by atoms with Gasteiger partial charge in [0.15, 0.2) is 5.01 Å². The highest BCUT2D eigenvalue weighted by Crippen LogP contribution is 2.33. The lowest BCUT2D eigenvalue weighted by atomic mass is 10.3. The van der Waals surface area contributed by atoms with E-state index < -0.39 is 17.0 Å². The molecule has 0 unspecified atom stereocenters. The molecule has 0 spiro atoms. The van der Waals surface area contributed by atoms with Gasteiger partial charge in [-0.2, -0.15) is 13.2 Å². The number of ketones is 1. The van der Waals surface area contributed by atoms with E-state index in [1.54, 1.807) is 6.92 Å². The Morgan fingerprint density at radius 2 is 1.76 bits per heavy atom. The zero-order chi connectivity index (χ0) is 12.6. The first-order chi connectivity index (χ1) is 7.88. The van der Waals surface area contributed by atoms with Crippen LogP contribution in [0.5, 0.6) is 0 Å². The van der Waals surface area contributed by atoms with Gasteiger partial charge in [-0.25, -0.2) is 9.97 Å². The topological polar surface area (TPSA) is 42.9 Å². The fourth-order valence-corrected chi connectivity index (χ4v) is 2.63. The van der Waals surface area contributed by atoms with Gasteiger partial charge in [-0.15, -0.1) is 22.7 Å². The number of nitrogens with zero attached hydrogens (tertiary/aromatic N) is 2. The van der Waals surface area contributed by atoms with Gasteiger partial charge in [0, 0.05) is 12.4 Å². The number of aromatic nitrogens is 2. The SMILES string of the molecule is Cc1ncc(C(=O)c2cnc(C(F)(F)F)s2)s1. The maximum atomic E-state index is 12.3. The maximum absolute atomic E-state index is 12.3. The molecule has 2 rings (SSSR count). The minimum Gasteiger partial charge on any atom is -0.287 e. The number of thiazole rings is 2. The minimum absolute atomic E-state index is 0.0269. The predicted molar refractivity (Wildman–Crippen MR) is 57.4 cm³/mol. The second-order valence-electron chi connectivity index (χ2n) is 3.10. The van der Waals surface area contributed by atoms with Crippen LogP contribution in [0.15, 0.2) is 12.4 Å². The van der Waals surface area contributed by atoms with Crippen LogP contribution in [0.1, 0.15) is 24.6 Å². The monoisotopic (exact) mass is 278 g/mol. The lowest BCUT2D eigenvalue weighted by molar-refractivity contribution is -0.137. The molecule has 2 heterocycles. The summed E-state index contributed by atoms with van der Waals surface area (Å²) in [6, 6.07) is 0. The van der Waals surface area contributed by atoms with Crippen molar-refractivity contribution >= 4 is 28.5 Å². The van der Waals surface area contributed by atoms with Gasteiger partial charge in [-0.3, -0.25) is 4.79 Å². The van der Waals surface area contributed by atoms with Crippen molar-refractivity contribution in [2.24, 2.45) is 0 Å². The van der Waals surface area contributed by atoms with Gasteiger partial charge in [0.1, 0.15) is 0 Å². The van der Waals surface area contributed by atoms with E-state index >= 15 is 0 Å². The smallest absolute Gasteiger partial charge is 0.287 e. The molecule has 0 aliphatic carbocycles. The number of rotatable bonds is 2. The molecule has 0 N–H and O–H groups in total. The highest BCUT2D eigenvalue weighted by Gasteiger charge is 2.35. The van der Waals surface area contributed by atoms with E-state index in [9.17, 15) is 18.0 Å². The molecule has 0 saturated heterocycles. The first-order valence-electron chi connectivity index (χ1n) is 4.38. The number of hydrogen-bond donors (Lipinski definition) is 0. The van der Waals surface area contributed by atoms with E-state index in [2.05, 4.69) is 9.97 Å². The summed E-state index contributed by atoms with van der Waals surface area (Å²) in [4.78, 5) is 19.1. The van der Waals surface area contributed by atoms with E-state index in [0.29, 0.717) is 21.2 Å². The summed E-state index contributed by atoms with van der Waals surface area (Å²) < 4.78 is 36.9.